The van der Waals surface area contributed by atoms with E-state index in [1.807, 2.05) is 30.3 Å². The maximum atomic E-state index is 11.9. The Kier molecular flexibility index (Phi) is 4.17. The van der Waals surface area contributed by atoms with Gasteiger partial charge in [-0.05, 0) is 12.0 Å². The molecule has 0 bridgehead atoms. The molecule has 1 aromatic carbocycles. The van der Waals surface area contributed by atoms with Crippen molar-refractivity contribution in [2.75, 3.05) is 13.1 Å². The number of benzene rings is 1. The van der Waals surface area contributed by atoms with E-state index in [-0.39, 0.29) is 24.8 Å². The van der Waals surface area contributed by atoms with Crippen LogP contribution in [-0.4, -0.2) is 36.2 Å². The molecule has 98 valence electrons. The lowest BCUT2D eigenvalue weighted by Gasteiger charge is -2.33. The maximum absolute atomic E-state index is 11.9. The Hall–Kier alpha value is -1.59. The molecule has 0 radical (unpaired) electrons. The van der Waals surface area contributed by atoms with E-state index in [9.17, 15) is 4.79 Å². The molecule has 18 heavy (non-hydrogen) atoms. The average molecular weight is 249 g/mol. The van der Waals surface area contributed by atoms with Crippen molar-refractivity contribution in [2.45, 2.75) is 25.1 Å². The second-order valence-corrected chi connectivity index (χ2v) is 4.70. The number of carbonyl (C=O) groups is 1. The zero-order chi connectivity index (χ0) is 13.0. The minimum absolute atomic E-state index is 0.0574. The zero-order valence-corrected chi connectivity index (χ0v) is 10.3. The summed E-state index contributed by atoms with van der Waals surface area (Å²) in [7, 11) is 0. The van der Waals surface area contributed by atoms with Crippen LogP contribution in [0.25, 0.3) is 0 Å². The van der Waals surface area contributed by atoms with Crippen molar-refractivity contribution in [1.82, 2.24) is 4.90 Å². The molecule has 0 aromatic heterocycles. The Bertz CT molecular complexity index is 386. The Morgan fingerprint density at radius 2 is 1.83 bits per heavy atom. The largest absolute Gasteiger partial charge is 0.445 e. The maximum Gasteiger partial charge on any atom is 0.410 e. The number of hydrogen-bond donors (Lipinski definition) is 2. The van der Waals surface area contributed by atoms with Crippen molar-refractivity contribution >= 4 is 6.09 Å². The highest BCUT2D eigenvalue weighted by Gasteiger charge is 2.26. The fourth-order valence-electron chi connectivity index (χ4n) is 2.14. The van der Waals surface area contributed by atoms with Gasteiger partial charge in [-0.3, -0.25) is 0 Å². The van der Waals surface area contributed by atoms with Crippen LogP contribution in [0.1, 0.15) is 12.0 Å². The van der Waals surface area contributed by atoms with E-state index in [0.717, 1.165) is 12.0 Å². The smallest absolute Gasteiger partial charge is 0.410 e. The number of nitrogens with two attached hydrogens (primary N) is 2. The summed E-state index contributed by atoms with van der Waals surface area (Å²) in [6, 6.07) is 9.47. The zero-order valence-electron chi connectivity index (χ0n) is 10.3. The second-order valence-electron chi connectivity index (χ2n) is 4.70. The predicted octanol–water partition coefficient (Wildman–Crippen LogP) is 0.684. The molecule has 4 N–H and O–H groups in total. The van der Waals surface area contributed by atoms with Gasteiger partial charge in [0, 0.05) is 25.2 Å². The summed E-state index contributed by atoms with van der Waals surface area (Å²) in [5, 5.41) is 0. The first-order valence-corrected chi connectivity index (χ1v) is 6.12. The monoisotopic (exact) mass is 249 g/mol. The molecule has 0 aliphatic carbocycles. The molecule has 1 aliphatic heterocycles. The quantitative estimate of drug-likeness (QED) is 0.807. The average Bonchev–Trinajstić information content (AvgIpc) is 2.36. The summed E-state index contributed by atoms with van der Waals surface area (Å²) in [6.45, 7) is 1.31. The van der Waals surface area contributed by atoms with Gasteiger partial charge < -0.3 is 21.1 Å². The van der Waals surface area contributed by atoms with Gasteiger partial charge in [-0.1, -0.05) is 30.3 Å². The molecule has 1 aromatic rings. The molecule has 1 fully saturated rings. The van der Waals surface area contributed by atoms with E-state index in [1.165, 1.54) is 0 Å². The van der Waals surface area contributed by atoms with Gasteiger partial charge in [0.15, 0.2) is 0 Å². The Balaban J connectivity index is 1.84. The first-order valence-electron chi connectivity index (χ1n) is 6.12. The molecule has 1 saturated heterocycles. The summed E-state index contributed by atoms with van der Waals surface area (Å²) >= 11 is 0. The van der Waals surface area contributed by atoms with E-state index in [1.54, 1.807) is 4.90 Å². The third kappa shape index (κ3) is 3.45. The highest BCUT2D eigenvalue weighted by molar-refractivity contribution is 5.68. The molecule has 0 saturated carbocycles. The van der Waals surface area contributed by atoms with Crippen molar-refractivity contribution in [3.05, 3.63) is 35.9 Å². The Labute approximate surface area is 107 Å². The van der Waals surface area contributed by atoms with Gasteiger partial charge in [0.25, 0.3) is 0 Å². The molecule has 0 unspecified atom stereocenters. The summed E-state index contributed by atoms with van der Waals surface area (Å²) in [5.41, 5.74) is 12.6. The Morgan fingerprint density at radius 1 is 1.22 bits per heavy atom. The van der Waals surface area contributed by atoms with Crippen LogP contribution in [-0.2, 0) is 11.3 Å². The number of nitrogens with zero attached hydrogens (tertiary/aromatic N) is 1. The number of carbonyl (C=O) groups excluding carboxylic acids is 1. The van der Waals surface area contributed by atoms with Crippen molar-refractivity contribution in [1.29, 1.82) is 0 Å². The van der Waals surface area contributed by atoms with Crippen molar-refractivity contribution in [2.24, 2.45) is 11.5 Å². The third-order valence-corrected chi connectivity index (χ3v) is 2.98. The van der Waals surface area contributed by atoms with E-state index in [0.29, 0.717) is 13.1 Å². The lowest BCUT2D eigenvalue weighted by Crippen LogP contribution is -2.54. The normalized spacial score (nSPS) is 23.8. The first-order chi connectivity index (χ1) is 8.65. The molecule has 0 spiro atoms. The van der Waals surface area contributed by atoms with Crippen LogP contribution in [0.5, 0.6) is 0 Å². The van der Waals surface area contributed by atoms with Crippen molar-refractivity contribution < 1.29 is 9.53 Å². The highest BCUT2D eigenvalue weighted by Crippen LogP contribution is 2.10. The Morgan fingerprint density at radius 3 is 2.44 bits per heavy atom. The third-order valence-electron chi connectivity index (χ3n) is 2.98. The number of rotatable bonds is 2. The van der Waals surface area contributed by atoms with Crippen LogP contribution in [0, 0.1) is 0 Å². The first kappa shape index (κ1) is 12.9. The van der Waals surface area contributed by atoms with Gasteiger partial charge in [0.1, 0.15) is 6.61 Å². The molecule has 5 heteroatoms. The van der Waals surface area contributed by atoms with Gasteiger partial charge in [0.2, 0.25) is 0 Å². The van der Waals surface area contributed by atoms with Gasteiger partial charge in [-0.2, -0.15) is 0 Å². The minimum Gasteiger partial charge on any atom is -0.445 e. The van der Waals surface area contributed by atoms with E-state index < -0.39 is 0 Å². The molecular weight excluding hydrogens is 230 g/mol. The summed E-state index contributed by atoms with van der Waals surface area (Å²) in [5.74, 6) is 0. The van der Waals surface area contributed by atoms with Crippen molar-refractivity contribution in [3.63, 3.8) is 0 Å². The predicted molar refractivity (Wildman–Crippen MR) is 68.8 cm³/mol. The van der Waals surface area contributed by atoms with Gasteiger partial charge >= 0.3 is 6.09 Å². The SMILES string of the molecule is N[C@@H]1C[C@H](N)CN(C(=O)OCc2ccccc2)C1. The number of likely N-dealkylation sites (tertiary alicyclic amines) is 1. The van der Waals surface area contributed by atoms with Crippen LogP contribution in [0.2, 0.25) is 0 Å². The van der Waals surface area contributed by atoms with Gasteiger partial charge in [-0.25, -0.2) is 4.79 Å². The standard InChI is InChI=1S/C13H19N3O2/c14-11-6-12(15)8-16(7-11)13(17)18-9-10-4-2-1-3-5-10/h1-5,11-12H,6-9,14-15H2/t11-,12+. The molecular formula is C13H19N3O2. The topological polar surface area (TPSA) is 81.6 Å². The highest BCUT2D eigenvalue weighted by atomic mass is 16.6. The van der Waals surface area contributed by atoms with E-state index >= 15 is 0 Å². The van der Waals surface area contributed by atoms with E-state index in [2.05, 4.69) is 0 Å². The minimum atomic E-state index is -0.343. The van der Waals surface area contributed by atoms with Crippen LogP contribution in [0.3, 0.4) is 0 Å². The summed E-state index contributed by atoms with van der Waals surface area (Å²) in [6.07, 6.45) is 0.409. The van der Waals surface area contributed by atoms with Crippen molar-refractivity contribution in [3.8, 4) is 0 Å². The second kappa shape index (κ2) is 5.84. The summed E-state index contributed by atoms with van der Waals surface area (Å²) in [4.78, 5) is 13.4. The summed E-state index contributed by atoms with van der Waals surface area (Å²) < 4.78 is 5.24. The lowest BCUT2D eigenvalue weighted by atomic mass is 10.0. The van der Waals surface area contributed by atoms with E-state index in [4.69, 9.17) is 16.2 Å². The molecule has 1 heterocycles. The van der Waals surface area contributed by atoms with Gasteiger partial charge in [0.05, 0.1) is 0 Å². The molecule has 1 amide bonds. The fraction of sp³-hybridized carbons (Fsp3) is 0.462. The number of hydrogen-bond acceptors (Lipinski definition) is 4. The number of ether oxygens (including phenoxy) is 1. The molecule has 2 atom stereocenters. The van der Waals surface area contributed by atoms with Crippen LogP contribution in [0.4, 0.5) is 4.79 Å². The van der Waals surface area contributed by atoms with Gasteiger partial charge in [-0.15, -0.1) is 0 Å². The van der Waals surface area contributed by atoms with Crippen LogP contribution in [0.15, 0.2) is 30.3 Å². The van der Waals surface area contributed by atoms with Crippen LogP contribution >= 0.6 is 0 Å². The fourth-order valence-corrected chi connectivity index (χ4v) is 2.14. The number of piperidine rings is 1. The van der Waals surface area contributed by atoms with Crippen LogP contribution < -0.4 is 11.5 Å². The molecule has 1 aliphatic rings. The molecule has 5 nitrogen and oxygen atoms in total. The lowest BCUT2D eigenvalue weighted by molar-refractivity contribution is 0.0826. The number of amides is 1. The molecule has 2 rings (SSSR count).